The number of aryl methyl sites for hydroxylation is 2. The van der Waals surface area contributed by atoms with Crippen LogP contribution in [0.3, 0.4) is 0 Å². The Hall–Kier alpha value is -3.32. The van der Waals surface area contributed by atoms with E-state index in [0.717, 1.165) is 23.1 Å². The minimum absolute atomic E-state index is 0.0254. The molecule has 2 unspecified atom stereocenters. The average molecular weight is 508 g/mol. The van der Waals surface area contributed by atoms with Crippen LogP contribution in [0.4, 0.5) is 0 Å². The van der Waals surface area contributed by atoms with Gasteiger partial charge in [-0.25, -0.2) is 8.42 Å². The van der Waals surface area contributed by atoms with Gasteiger partial charge in [-0.05, 0) is 61.7 Å². The van der Waals surface area contributed by atoms with Crippen molar-refractivity contribution in [1.29, 1.82) is 0 Å². The van der Waals surface area contributed by atoms with Crippen LogP contribution in [0.5, 0.6) is 11.5 Å². The maximum absolute atomic E-state index is 13.3. The second kappa shape index (κ2) is 10.7. The van der Waals surface area contributed by atoms with E-state index in [1.165, 1.54) is 7.11 Å². The molecule has 4 rings (SSSR count). The fraction of sp³-hybridized carbons (Fsp3) is 0.345. The Kier molecular flexibility index (Phi) is 7.69. The number of methoxy groups -OCH3 is 1. The highest BCUT2D eigenvalue weighted by molar-refractivity contribution is 7.90. The molecule has 1 amide bonds. The molecule has 0 aromatic heterocycles. The van der Waals surface area contributed by atoms with Crippen LogP contribution in [0.15, 0.2) is 71.6 Å². The number of amides is 1. The second-order valence-corrected chi connectivity index (χ2v) is 11.4. The van der Waals surface area contributed by atoms with Crippen LogP contribution in [-0.2, 0) is 15.6 Å². The van der Waals surface area contributed by atoms with Gasteiger partial charge in [0.25, 0.3) is 5.91 Å². The molecule has 0 N–H and O–H groups in total. The quantitative estimate of drug-likeness (QED) is 0.418. The van der Waals surface area contributed by atoms with Gasteiger partial charge in [-0.1, -0.05) is 48.9 Å². The summed E-state index contributed by atoms with van der Waals surface area (Å²) in [4.78, 5) is 15.3. The minimum Gasteiger partial charge on any atom is -0.495 e. The molecule has 0 saturated carbocycles. The van der Waals surface area contributed by atoms with Gasteiger partial charge in [0.05, 0.1) is 19.4 Å². The number of nitrogens with zero attached hydrogens (tertiary/aromatic N) is 1. The lowest BCUT2D eigenvalue weighted by atomic mass is 10.0. The topological polar surface area (TPSA) is 72.9 Å². The highest BCUT2D eigenvalue weighted by Gasteiger charge is 2.36. The Labute approximate surface area is 213 Å². The molecule has 1 saturated heterocycles. The monoisotopic (exact) mass is 507 g/mol. The predicted octanol–water partition coefficient (Wildman–Crippen LogP) is 5.22. The van der Waals surface area contributed by atoms with E-state index in [9.17, 15) is 13.2 Å². The van der Waals surface area contributed by atoms with Gasteiger partial charge < -0.3 is 14.4 Å². The zero-order chi connectivity index (χ0) is 25.9. The van der Waals surface area contributed by atoms with E-state index in [4.69, 9.17) is 9.47 Å². The van der Waals surface area contributed by atoms with Gasteiger partial charge in [0.15, 0.2) is 9.84 Å². The van der Waals surface area contributed by atoms with Crippen molar-refractivity contribution in [2.24, 2.45) is 5.92 Å². The lowest BCUT2D eigenvalue weighted by molar-refractivity contribution is 0.0771. The highest BCUT2D eigenvalue weighted by atomic mass is 32.2. The van der Waals surface area contributed by atoms with Crippen molar-refractivity contribution in [3.8, 4) is 11.5 Å². The summed E-state index contributed by atoms with van der Waals surface area (Å²) in [5.41, 5.74) is 3.39. The van der Waals surface area contributed by atoms with Gasteiger partial charge in [0, 0.05) is 18.0 Å². The molecule has 3 aromatic carbocycles. The Morgan fingerprint density at radius 3 is 2.53 bits per heavy atom. The maximum atomic E-state index is 13.3. The van der Waals surface area contributed by atoms with E-state index in [1.54, 1.807) is 42.5 Å². The molecule has 1 aliphatic heterocycles. The molecule has 3 aromatic rings. The number of hydrogen-bond acceptors (Lipinski definition) is 5. The van der Waals surface area contributed by atoms with E-state index in [-0.39, 0.29) is 28.6 Å². The van der Waals surface area contributed by atoms with Crippen LogP contribution in [-0.4, -0.2) is 45.5 Å². The van der Waals surface area contributed by atoms with E-state index in [1.807, 2.05) is 43.0 Å². The minimum atomic E-state index is -3.61. The molecular formula is C29H33NO5S. The van der Waals surface area contributed by atoms with Gasteiger partial charge in [0.1, 0.15) is 22.5 Å². The summed E-state index contributed by atoms with van der Waals surface area (Å²) in [5.74, 6) is 0.990. The lowest BCUT2D eigenvalue weighted by Crippen LogP contribution is -2.31. The third kappa shape index (κ3) is 5.57. The number of para-hydroxylation sites is 1. The van der Waals surface area contributed by atoms with Crippen LogP contribution < -0.4 is 9.47 Å². The third-order valence-corrected chi connectivity index (χ3v) is 8.48. The molecule has 36 heavy (non-hydrogen) atoms. The van der Waals surface area contributed by atoms with E-state index in [2.05, 4.69) is 6.92 Å². The molecule has 1 heterocycles. The molecular weight excluding hydrogens is 474 g/mol. The van der Waals surface area contributed by atoms with Crippen molar-refractivity contribution in [2.45, 2.75) is 43.9 Å². The lowest BCUT2D eigenvalue weighted by Gasteiger charge is -2.20. The van der Waals surface area contributed by atoms with Crippen LogP contribution in [0.25, 0.3) is 0 Å². The Morgan fingerprint density at radius 1 is 1.00 bits per heavy atom. The summed E-state index contributed by atoms with van der Waals surface area (Å²) in [6.45, 7) is 7.17. The normalized spacial score (nSPS) is 17.7. The van der Waals surface area contributed by atoms with E-state index in [0.29, 0.717) is 30.2 Å². The first-order valence-electron chi connectivity index (χ1n) is 12.2. The average Bonchev–Trinajstić information content (AvgIpc) is 3.27. The number of benzene rings is 3. The summed E-state index contributed by atoms with van der Waals surface area (Å²) in [6, 6.07) is 19.8. The summed E-state index contributed by atoms with van der Waals surface area (Å²) in [5, 5.41) is 0. The summed E-state index contributed by atoms with van der Waals surface area (Å²) in [6.07, 6.45) is 0.716. The molecule has 0 radical (unpaired) electrons. The van der Waals surface area contributed by atoms with E-state index >= 15 is 0 Å². The maximum Gasteiger partial charge on any atom is 0.254 e. The van der Waals surface area contributed by atoms with Gasteiger partial charge in [-0.2, -0.15) is 0 Å². The summed E-state index contributed by atoms with van der Waals surface area (Å²) < 4.78 is 37.7. The first-order valence-corrected chi connectivity index (χ1v) is 13.8. The van der Waals surface area contributed by atoms with E-state index < -0.39 is 9.84 Å². The van der Waals surface area contributed by atoms with Crippen molar-refractivity contribution in [2.75, 3.05) is 20.2 Å². The summed E-state index contributed by atoms with van der Waals surface area (Å²) in [7, 11) is -2.15. The summed E-state index contributed by atoms with van der Waals surface area (Å²) >= 11 is 0. The number of sulfone groups is 1. The second-order valence-electron chi connectivity index (χ2n) is 9.41. The molecule has 0 spiro atoms. The molecule has 0 aliphatic carbocycles. The smallest absolute Gasteiger partial charge is 0.254 e. The number of ether oxygens (including phenoxy) is 2. The largest absolute Gasteiger partial charge is 0.495 e. The fourth-order valence-electron chi connectivity index (χ4n) is 4.73. The molecule has 190 valence electrons. The number of carbonyl (C=O) groups is 1. The zero-order valence-electron chi connectivity index (χ0n) is 21.2. The zero-order valence-corrected chi connectivity index (χ0v) is 22.0. The molecule has 1 aliphatic rings. The van der Waals surface area contributed by atoms with Crippen LogP contribution >= 0.6 is 0 Å². The first kappa shape index (κ1) is 25.8. The molecule has 7 heteroatoms. The van der Waals surface area contributed by atoms with Gasteiger partial charge in [-0.3, -0.25) is 4.79 Å². The first-order chi connectivity index (χ1) is 17.2. The predicted molar refractivity (Wildman–Crippen MR) is 140 cm³/mol. The number of hydrogen-bond donors (Lipinski definition) is 0. The number of likely N-dealkylation sites (tertiary alicyclic amines) is 1. The molecule has 6 nitrogen and oxygen atoms in total. The van der Waals surface area contributed by atoms with Crippen molar-refractivity contribution in [3.63, 3.8) is 0 Å². The van der Waals surface area contributed by atoms with Crippen LogP contribution in [0.2, 0.25) is 0 Å². The van der Waals surface area contributed by atoms with Crippen molar-refractivity contribution in [1.82, 2.24) is 4.90 Å². The molecule has 1 fully saturated rings. The van der Waals surface area contributed by atoms with Crippen molar-refractivity contribution in [3.05, 3.63) is 89.0 Å². The van der Waals surface area contributed by atoms with Crippen molar-refractivity contribution >= 4 is 15.7 Å². The van der Waals surface area contributed by atoms with Gasteiger partial charge in [-0.15, -0.1) is 0 Å². The number of rotatable bonds is 8. The Balaban J connectivity index is 1.49. The Morgan fingerprint density at radius 2 is 1.78 bits per heavy atom. The van der Waals surface area contributed by atoms with Crippen LogP contribution in [0, 0.1) is 19.8 Å². The molecule has 0 bridgehead atoms. The van der Waals surface area contributed by atoms with Crippen LogP contribution in [0.1, 0.15) is 40.4 Å². The van der Waals surface area contributed by atoms with Gasteiger partial charge in [0.2, 0.25) is 0 Å². The van der Waals surface area contributed by atoms with Crippen molar-refractivity contribution < 1.29 is 22.7 Å². The number of carbonyl (C=O) groups excluding carboxylic acids is 1. The Bertz CT molecular complexity index is 1350. The highest BCUT2D eigenvalue weighted by Crippen LogP contribution is 2.30. The molecule has 2 atom stereocenters. The standard InChI is InChI=1S/C29H33NO5S/c1-5-23-17-30(29(31)25-15-20(2)13-14-21(25)3)18-27(23)35-24-10-8-9-22(16-24)19-36(32,33)28-12-7-6-11-26(28)34-4/h6-16,23,27H,5,17-19H2,1-4H3. The van der Waals surface area contributed by atoms with Gasteiger partial charge >= 0.3 is 0 Å². The SMILES string of the molecule is CCC1CN(C(=O)c2cc(C)ccc2C)CC1Oc1cccc(CS(=O)(=O)c2ccccc2OC)c1. The third-order valence-electron chi connectivity index (χ3n) is 6.76. The fourth-order valence-corrected chi connectivity index (χ4v) is 6.24.